The molecule has 23 heavy (non-hydrogen) atoms. The Kier molecular flexibility index (Phi) is 5.48. The number of halogens is 3. The second-order valence-electron chi connectivity index (χ2n) is 5.50. The number of hydrogen-bond acceptors (Lipinski definition) is 3. The van der Waals surface area contributed by atoms with Crippen LogP contribution in [0.3, 0.4) is 0 Å². The van der Waals surface area contributed by atoms with Crippen molar-refractivity contribution in [1.29, 1.82) is 5.26 Å². The SMILES string of the molecule is N#Cc1ccccc1OCC(=O)N[C@H]1CCCC[C@H]1C(F)(F)F. The molecule has 0 heterocycles. The summed E-state index contributed by atoms with van der Waals surface area (Å²) < 4.78 is 44.2. The number of benzene rings is 1. The van der Waals surface area contributed by atoms with Crippen LogP contribution in [0.25, 0.3) is 0 Å². The van der Waals surface area contributed by atoms with Gasteiger partial charge in [-0.2, -0.15) is 18.4 Å². The van der Waals surface area contributed by atoms with Crippen LogP contribution in [0.5, 0.6) is 5.75 Å². The highest BCUT2D eigenvalue weighted by atomic mass is 19.4. The summed E-state index contributed by atoms with van der Waals surface area (Å²) in [5.41, 5.74) is 0.270. The van der Waals surface area contributed by atoms with Crippen molar-refractivity contribution in [3.8, 4) is 11.8 Å². The minimum atomic E-state index is -4.31. The van der Waals surface area contributed by atoms with E-state index in [-0.39, 0.29) is 17.7 Å². The molecule has 4 nitrogen and oxygen atoms in total. The molecule has 0 unspecified atom stereocenters. The fraction of sp³-hybridized carbons (Fsp3) is 0.500. The van der Waals surface area contributed by atoms with Crippen LogP contribution in [0, 0.1) is 17.2 Å². The molecule has 1 fully saturated rings. The van der Waals surface area contributed by atoms with Gasteiger partial charge in [-0.15, -0.1) is 0 Å². The number of rotatable bonds is 4. The molecule has 1 saturated carbocycles. The van der Waals surface area contributed by atoms with Gasteiger partial charge in [0.25, 0.3) is 5.91 Å². The quantitative estimate of drug-likeness (QED) is 0.924. The highest BCUT2D eigenvalue weighted by molar-refractivity contribution is 5.78. The summed E-state index contributed by atoms with van der Waals surface area (Å²) >= 11 is 0. The number of nitrogens with one attached hydrogen (secondary N) is 1. The van der Waals surface area contributed by atoms with Gasteiger partial charge in [0.2, 0.25) is 0 Å². The predicted octanol–water partition coefficient (Wildman–Crippen LogP) is 3.17. The Bertz CT molecular complexity index is 596. The monoisotopic (exact) mass is 326 g/mol. The summed E-state index contributed by atoms with van der Waals surface area (Å²) in [6.45, 7) is -0.417. The van der Waals surface area contributed by atoms with Crippen LogP contribution in [-0.2, 0) is 4.79 Å². The molecule has 1 N–H and O–H groups in total. The average Bonchev–Trinajstić information content (AvgIpc) is 2.52. The number of carbonyl (C=O) groups excluding carboxylic acids is 1. The third-order valence-corrected chi connectivity index (χ3v) is 3.90. The van der Waals surface area contributed by atoms with Gasteiger partial charge in [-0.1, -0.05) is 25.0 Å². The maximum atomic E-state index is 13.0. The number of nitrogens with zero attached hydrogens (tertiary/aromatic N) is 1. The summed E-state index contributed by atoms with van der Waals surface area (Å²) in [6.07, 6.45) is -2.79. The minimum Gasteiger partial charge on any atom is -0.482 e. The van der Waals surface area contributed by atoms with Crippen molar-refractivity contribution in [3.05, 3.63) is 29.8 Å². The molecule has 2 atom stereocenters. The van der Waals surface area contributed by atoms with Crippen LogP contribution >= 0.6 is 0 Å². The normalized spacial score (nSPS) is 21.3. The lowest BCUT2D eigenvalue weighted by molar-refractivity contribution is -0.189. The number of hydrogen-bond donors (Lipinski definition) is 1. The van der Waals surface area contributed by atoms with Crippen LogP contribution in [0.15, 0.2) is 24.3 Å². The van der Waals surface area contributed by atoms with Gasteiger partial charge in [-0.05, 0) is 25.0 Å². The second kappa shape index (κ2) is 7.36. The molecule has 1 aromatic carbocycles. The Hall–Kier alpha value is -2.23. The zero-order valence-electron chi connectivity index (χ0n) is 12.4. The van der Waals surface area contributed by atoms with Crippen molar-refractivity contribution in [2.45, 2.75) is 37.9 Å². The van der Waals surface area contributed by atoms with Gasteiger partial charge in [0, 0.05) is 6.04 Å². The molecule has 2 rings (SSSR count). The fourth-order valence-electron chi connectivity index (χ4n) is 2.77. The highest BCUT2D eigenvalue weighted by Crippen LogP contribution is 2.37. The molecule has 1 aliphatic rings. The zero-order valence-corrected chi connectivity index (χ0v) is 12.4. The lowest BCUT2D eigenvalue weighted by atomic mass is 9.84. The summed E-state index contributed by atoms with van der Waals surface area (Å²) in [7, 11) is 0. The van der Waals surface area contributed by atoms with Crippen molar-refractivity contribution in [2.24, 2.45) is 5.92 Å². The van der Waals surface area contributed by atoms with E-state index in [2.05, 4.69) is 5.32 Å². The Morgan fingerprint density at radius 1 is 1.30 bits per heavy atom. The van der Waals surface area contributed by atoms with E-state index in [1.54, 1.807) is 12.1 Å². The van der Waals surface area contributed by atoms with Crippen LogP contribution < -0.4 is 10.1 Å². The van der Waals surface area contributed by atoms with Crippen LogP contribution in [0.1, 0.15) is 31.2 Å². The molecular weight excluding hydrogens is 309 g/mol. The molecule has 0 radical (unpaired) electrons. The minimum absolute atomic E-state index is 0.0343. The summed E-state index contributed by atoms with van der Waals surface area (Å²) in [5.74, 6) is -1.88. The number of carbonyl (C=O) groups is 1. The predicted molar refractivity (Wildman–Crippen MR) is 76.6 cm³/mol. The van der Waals surface area contributed by atoms with Gasteiger partial charge in [0.05, 0.1) is 11.5 Å². The first-order valence-corrected chi connectivity index (χ1v) is 7.40. The number of para-hydroxylation sites is 1. The van der Waals surface area contributed by atoms with Gasteiger partial charge in [0.1, 0.15) is 11.8 Å². The molecule has 124 valence electrons. The van der Waals surface area contributed by atoms with E-state index in [4.69, 9.17) is 10.00 Å². The van der Waals surface area contributed by atoms with Gasteiger partial charge in [-0.25, -0.2) is 0 Å². The molecular formula is C16H17F3N2O2. The lowest BCUT2D eigenvalue weighted by Crippen LogP contribution is -2.48. The van der Waals surface area contributed by atoms with E-state index < -0.39 is 30.7 Å². The van der Waals surface area contributed by atoms with E-state index >= 15 is 0 Å². The van der Waals surface area contributed by atoms with E-state index in [1.807, 2.05) is 6.07 Å². The Morgan fingerprint density at radius 3 is 2.70 bits per heavy atom. The van der Waals surface area contributed by atoms with Crippen LogP contribution in [-0.4, -0.2) is 24.7 Å². The molecule has 0 bridgehead atoms. The highest BCUT2D eigenvalue weighted by Gasteiger charge is 2.45. The molecule has 7 heteroatoms. The van der Waals surface area contributed by atoms with Crippen molar-refractivity contribution >= 4 is 5.91 Å². The maximum absolute atomic E-state index is 13.0. The molecule has 1 aliphatic carbocycles. The molecule has 0 saturated heterocycles. The number of ether oxygens (including phenoxy) is 1. The summed E-state index contributed by atoms with van der Waals surface area (Å²) in [4.78, 5) is 11.9. The topological polar surface area (TPSA) is 62.1 Å². The van der Waals surface area contributed by atoms with Gasteiger partial charge in [-0.3, -0.25) is 4.79 Å². The molecule has 0 spiro atoms. The van der Waals surface area contributed by atoms with E-state index in [0.29, 0.717) is 19.3 Å². The van der Waals surface area contributed by atoms with Crippen molar-refractivity contribution in [2.75, 3.05) is 6.61 Å². The number of nitriles is 1. The maximum Gasteiger partial charge on any atom is 0.393 e. The lowest BCUT2D eigenvalue weighted by Gasteiger charge is -2.33. The first-order chi connectivity index (χ1) is 10.9. The molecule has 0 aromatic heterocycles. The standard InChI is InChI=1S/C16H17F3N2O2/c17-16(18,19)12-6-2-3-7-13(12)21-15(22)10-23-14-8-4-1-5-11(14)9-20/h1,4-5,8,12-13H,2-3,6-7,10H2,(H,21,22)/t12-,13+/m1/s1. The first kappa shape index (κ1) is 17.1. The Labute approximate surface area is 132 Å². The van der Waals surface area contributed by atoms with Gasteiger partial charge >= 0.3 is 6.18 Å². The largest absolute Gasteiger partial charge is 0.482 e. The van der Waals surface area contributed by atoms with Crippen LogP contribution in [0.4, 0.5) is 13.2 Å². The average molecular weight is 326 g/mol. The number of alkyl halides is 3. The third kappa shape index (κ3) is 4.62. The van der Waals surface area contributed by atoms with Crippen molar-refractivity contribution in [1.82, 2.24) is 5.32 Å². The molecule has 0 aliphatic heterocycles. The Morgan fingerprint density at radius 2 is 2.00 bits per heavy atom. The fourth-order valence-corrected chi connectivity index (χ4v) is 2.77. The third-order valence-electron chi connectivity index (χ3n) is 3.90. The smallest absolute Gasteiger partial charge is 0.393 e. The summed E-state index contributed by atoms with van der Waals surface area (Å²) in [5, 5.41) is 11.3. The Balaban J connectivity index is 1.92. The van der Waals surface area contributed by atoms with Gasteiger partial charge < -0.3 is 10.1 Å². The van der Waals surface area contributed by atoms with Crippen LogP contribution in [0.2, 0.25) is 0 Å². The van der Waals surface area contributed by atoms with E-state index in [0.717, 1.165) is 0 Å². The van der Waals surface area contributed by atoms with Crippen molar-refractivity contribution in [3.63, 3.8) is 0 Å². The molecule has 1 amide bonds. The van der Waals surface area contributed by atoms with E-state index in [9.17, 15) is 18.0 Å². The molecule has 1 aromatic rings. The van der Waals surface area contributed by atoms with E-state index in [1.165, 1.54) is 12.1 Å². The summed E-state index contributed by atoms with van der Waals surface area (Å²) in [6, 6.07) is 7.38. The second-order valence-corrected chi connectivity index (χ2v) is 5.50. The van der Waals surface area contributed by atoms with Crippen molar-refractivity contribution < 1.29 is 22.7 Å². The van der Waals surface area contributed by atoms with Gasteiger partial charge in [0.15, 0.2) is 6.61 Å². The number of amides is 1. The first-order valence-electron chi connectivity index (χ1n) is 7.40. The zero-order chi connectivity index (χ0) is 16.9.